The maximum atomic E-state index is 11.3. The van der Waals surface area contributed by atoms with Crippen LogP contribution in [-0.4, -0.2) is 35.2 Å². The predicted molar refractivity (Wildman–Crippen MR) is 93.1 cm³/mol. The molecule has 2 aliphatic rings. The van der Waals surface area contributed by atoms with E-state index in [1.807, 2.05) is 41.5 Å². The molecule has 0 unspecified atom stereocenters. The fourth-order valence-electron chi connectivity index (χ4n) is 2.48. The summed E-state index contributed by atoms with van der Waals surface area (Å²) < 4.78 is 10.4. The standard InChI is InChI=1S/2C9H17NO2/c2*1-9(2,3)12-8(11)6-4-7(10)5-6/h2*6-7H,4-5,10H2,1-3H3. The number of ether oxygens (including phenoxy) is 2. The van der Waals surface area contributed by atoms with Crippen LogP contribution in [0.2, 0.25) is 0 Å². The van der Waals surface area contributed by atoms with Gasteiger partial charge >= 0.3 is 11.9 Å². The van der Waals surface area contributed by atoms with E-state index in [9.17, 15) is 9.59 Å². The van der Waals surface area contributed by atoms with Gasteiger partial charge in [0, 0.05) is 12.1 Å². The molecule has 0 radical (unpaired) electrons. The summed E-state index contributed by atoms with van der Waals surface area (Å²) in [5, 5.41) is 0. The van der Waals surface area contributed by atoms with Gasteiger partial charge in [-0.25, -0.2) is 0 Å². The number of rotatable bonds is 2. The lowest BCUT2D eigenvalue weighted by Crippen LogP contribution is -2.42. The van der Waals surface area contributed by atoms with Gasteiger partial charge in [-0.3, -0.25) is 9.59 Å². The van der Waals surface area contributed by atoms with Crippen LogP contribution in [0.5, 0.6) is 0 Å². The van der Waals surface area contributed by atoms with Crippen LogP contribution in [0.25, 0.3) is 0 Å². The second-order valence-corrected chi connectivity index (χ2v) is 8.92. The van der Waals surface area contributed by atoms with Crippen molar-refractivity contribution in [2.45, 2.75) is 90.5 Å². The van der Waals surface area contributed by atoms with Gasteiger partial charge in [0.05, 0.1) is 11.8 Å². The van der Waals surface area contributed by atoms with Crippen LogP contribution < -0.4 is 11.5 Å². The summed E-state index contributed by atoms with van der Waals surface area (Å²) in [6, 6.07) is 0.421. The Balaban J connectivity index is 0.000000240. The summed E-state index contributed by atoms with van der Waals surface area (Å²) in [6.07, 6.45) is 3.15. The molecular formula is C18H34N2O4. The van der Waals surface area contributed by atoms with Crippen LogP contribution in [-0.2, 0) is 19.1 Å². The van der Waals surface area contributed by atoms with Gasteiger partial charge in [-0.2, -0.15) is 0 Å². The Morgan fingerprint density at radius 3 is 1.12 bits per heavy atom. The van der Waals surface area contributed by atoms with Crippen molar-refractivity contribution < 1.29 is 19.1 Å². The third kappa shape index (κ3) is 7.62. The molecule has 2 aliphatic carbocycles. The second kappa shape index (κ2) is 7.83. The molecule has 0 spiro atoms. The molecule has 24 heavy (non-hydrogen) atoms. The van der Waals surface area contributed by atoms with Crippen molar-refractivity contribution in [3.63, 3.8) is 0 Å². The van der Waals surface area contributed by atoms with Gasteiger partial charge < -0.3 is 20.9 Å². The van der Waals surface area contributed by atoms with E-state index in [-0.39, 0.29) is 47.1 Å². The topological polar surface area (TPSA) is 105 Å². The quantitative estimate of drug-likeness (QED) is 0.745. The van der Waals surface area contributed by atoms with Crippen molar-refractivity contribution >= 4 is 11.9 Å². The number of nitrogens with two attached hydrogens (primary N) is 2. The molecule has 0 bridgehead atoms. The highest BCUT2D eigenvalue weighted by molar-refractivity contribution is 5.74. The number of esters is 2. The summed E-state index contributed by atoms with van der Waals surface area (Å²) in [5.41, 5.74) is 10.4. The minimum absolute atomic E-state index is 0.0548. The number of hydrogen-bond acceptors (Lipinski definition) is 6. The summed E-state index contributed by atoms with van der Waals surface area (Å²) in [5.74, 6) is -0.0770. The van der Waals surface area contributed by atoms with Crippen molar-refractivity contribution in [2.24, 2.45) is 23.3 Å². The van der Waals surface area contributed by atoms with E-state index in [1.54, 1.807) is 0 Å². The minimum atomic E-state index is -0.364. The molecule has 0 heterocycles. The molecule has 0 aliphatic heterocycles. The zero-order valence-corrected chi connectivity index (χ0v) is 15.9. The van der Waals surface area contributed by atoms with Gasteiger partial charge in [-0.05, 0) is 67.2 Å². The van der Waals surface area contributed by atoms with Gasteiger partial charge in [0.25, 0.3) is 0 Å². The smallest absolute Gasteiger partial charge is 0.309 e. The molecule has 0 atom stereocenters. The molecule has 6 nitrogen and oxygen atoms in total. The summed E-state index contributed by atoms with van der Waals surface area (Å²) in [6.45, 7) is 11.3. The molecule has 0 aromatic carbocycles. The summed E-state index contributed by atoms with van der Waals surface area (Å²) in [7, 11) is 0. The Labute approximate surface area is 145 Å². The molecule has 2 saturated carbocycles. The molecule has 4 N–H and O–H groups in total. The highest BCUT2D eigenvalue weighted by atomic mass is 16.6. The number of hydrogen-bond donors (Lipinski definition) is 2. The predicted octanol–water partition coefficient (Wildman–Crippen LogP) is 2.13. The minimum Gasteiger partial charge on any atom is -0.460 e. The van der Waals surface area contributed by atoms with E-state index >= 15 is 0 Å². The Kier molecular flexibility index (Phi) is 6.82. The molecule has 0 aromatic heterocycles. The Morgan fingerprint density at radius 2 is 0.958 bits per heavy atom. The van der Waals surface area contributed by atoms with Crippen molar-refractivity contribution in [1.29, 1.82) is 0 Å². The van der Waals surface area contributed by atoms with Crippen molar-refractivity contribution in [3.8, 4) is 0 Å². The Bertz CT molecular complexity index is 397. The normalized spacial score (nSPS) is 29.3. The van der Waals surface area contributed by atoms with E-state index < -0.39 is 0 Å². The molecule has 2 rings (SSSR count). The maximum absolute atomic E-state index is 11.3. The monoisotopic (exact) mass is 342 g/mol. The first kappa shape index (κ1) is 20.9. The first-order valence-electron chi connectivity index (χ1n) is 8.73. The highest BCUT2D eigenvalue weighted by Crippen LogP contribution is 2.29. The zero-order valence-electron chi connectivity index (χ0n) is 15.9. The van der Waals surface area contributed by atoms with Crippen molar-refractivity contribution in [2.75, 3.05) is 0 Å². The highest BCUT2D eigenvalue weighted by Gasteiger charge is 2.35. The van der Waals surface area contributed by atoms with Crippen molar-refractivity contribution in [1.82, 2.24) is 0 Å². The number of carbonyl (C=O) groups is 2. The molecule has 6 heteroatoms. The van der Waals surface area contributed by atoms with Gasteiger partial charge in [0.2, 0.25) is 0 Å². The molecule has 0 amide bonds. The lowest BCUT2D eigenvalue weighted by Gasteiger charge is -2.32. The van der Waals surface area contributed by atoms with Gasteiger partial charge in [-0.15, -0.1) is 0 Å². The average molecular weight is 342 g/mol. The Morgan fingerprint density at radius 1 is 0.708 bits per heavy atom. The van der Waals surface area contributed by atoms with Crippen LogP contribution in [0, 0.1) is 11.8 Å². The van der Waals surface area contributed by atoms with Crippen LogP contribution in [0.1, 0.15) is 67.2 Å². The molecule has 2 fully saturated rings. The first-order valence-corrected chi connectivity index (χ1v) is 8.73. The van der Waals surface area contributed by atoms with Gasteiger partial charge in [-0.1, -0.05) is 0 Å². The second-order valence-electron chi connectivity index (χ2n) is 8.92. The molecule has 0 aromatic rings. The zero-order chi connectivity index (χ0) is 18.7. The van der Waals surface area contributed by atoms with Crippen LogP contribution in [0.3, 0.4) is 0 Å². The van der Waals surface area contributed by atoms with Gasteiger partial charge in [0.15, 0.2) is 0 Å². The van der Waals surface area contributed by atoms with Crippen LogP contribution in [0.4, 0.5) is 0 Å². The van der Waals surface area contributed by atoms with E-state index in [2.05, 4.69) is 0 Å². The molecule has 0 saturated heterocycles. The third-order valence-electron chi connectivity index (χ3n) is 3.83. The van der Waals surface area contributed by atoms with Crippen LogP contribution in [0.15, 0.2) is 0 Å². The van der Waals surface area contributed by atoms with E-state index in [0.717, 1.165) is 25.7 Å². The van der Waals surface area contributed by atoms with E-state index in [0.29, 0.717) is 0 Å². The third-order valence-corrected chi connectivity index (χ3v) is 3.83. The summed E-state index contributed by atoms with van der Waals surface area (Å²) in [4.78, 5) is 22.6. The Hall–Kier alpha value is -1.14. The molecular weight excluding hydrogens is 308 g/mol. The van der Waals surface area contributed by atoms with Crippen molar-refractivity contribution in [3.05, 3.63) is 0 Å². The fraction of sp³-hybridized carbons (Fsp3) is 0.889. The van der Waals surface area contributed by atoms with E-state index in [1.165, 1.54) is 0 Å². The van der Waals surface area contributed by atoms with E-state index in [4.69, 9.17) is 20.9 Å². The summed E-state index contributed by atoms with van der Waals surface area (Å²) >= 11 is 0. The van der Waals surface area contributed by atoms with Gasteiger partial charge in [0.1, 0.15) is 11.2 Å². The average Bonchev–Trinajstić information content (AvgIpc) is 2.27. The largest absolute Gasteiger partial charge is 0.460 e. The SMILES string of the molecule is CC(C)(C)OC(=O)C1CC(N)C1.CC(C)(C)OC(=O)C1CC(N)C1. The molecule has 140 valence electrons. The lowest BCUT2D eigenvalue weighted by molar-refractivity contribution is -0.164. The van der Waals surface area contributed by atoms with Crippen LogP contribution >= 0.6 is 0 Å². The fourth-order valence-corrected chi connectivity index (χ4v) is 2.48. The lowest BCUT2D eigenvalue weighted by atomic mass is 9.81. The maximum Gasteiger partial charge on any atom is 0.309 e. The first-order chi connectivity index (χ1) is 10.8. The number of carbonyl (C=O) groups excluding carboxylic acids is 2.